The number of hydrogen-bond acceptors (Lipinski definition) is 1. The van der Waals surface area contributed by atoms with Crippen LogP contribution in [0.15, 0.2) is 0 Å². The van der Waals surface area contributed by atoms with Crippen molar-refractivity contribution in [3.63, 3.8) is 0 Å². The van der Waals surface area contributed by atoms with E-state index in [-0.39, 0.29) is 0 Å². The third kappa shape index (κ3) is 1.98. The lowest BCUT2D eigenvalue weighted by Crippen LogP contribution is -2.27. The maximum absolute atomic E-state index is 3.90. The summed E-state index contributed by atoms with van der Waals surface area (Å²) in [6.07, 6.45) is 6.97. The first-order valence-electron chi connectivity index (χ1n) is 3.84. The highest BCUT2D eigenvalue weighted by molar-refractivity contribution is 4.72. The Morgan fingerprint density at radius 2 is 1.78 bits per heavy atom. The van der Waals surface area contributed by atoms with Gasteiger partial charge in [-0.05, 0) is 19.9 Å². The van der Waals surface area contributed by atoms with E-state index in [0.717, 1.165) is 6.04 Å². The lowest BCUT2D eigenvalue weighted by Gasteiger charge is -2.27. The Morgan fingerprint density at radius 3 is 2.11 bits per heavy atom. The molecule has 0 aromatic carbocycles. The summed E-state index contributed by atoms with van der Waals surface area (Å²) < 4.78 is 0. The number of nitrogens with zero attached hydrogens (tertiary/aromatic N) is 1. The molecule has 0 unspecified atom stereocenters. The van der Waals surface area contributed by atoms with Crippen molar-refractivity contribution in [2.24, 2.45) is 0 Å². The van der Waals surface area contributed by atoms with Crippen LogP contribution in [0.4, 0.5) is 0 Å². The Bertz CT molecular complexity index is 72.6. The van der Waals surface area contributed by atoms with Crippen LogP contribution in [0.25, 0.3) is 0 Å². The van der Waals surface area contributed by atoms with E-state index in [9.17, 15) is 0 Å². The maximum Gasteiger partial charge on any atom is 0.0109 e. The average molecular weight is 126 g/mol. The molecule has 1 nitrogen and oxygen atoms in total. The van der Waals surface area contributed by atoms with Gasteiger partial charge in [0, 0.05) is 13.1 Å². The molecular weight excluding hydrogens is 110 g/mol. The van der Waals surface area contributed by atoms with Gasteiger partial charge in [0.15, 0.2) is 0 Å². The highest BCUT2D eigenvalue weighted by atomic mass is 15.1. The number of rotatable bonds is 1. The third-order valence-corrected chi connectivity index (χ3v) is 2.20. The minimum Gasteiger partial charge on any atom is -0.302 e. The predicted octanol–water partition coefficient (Wildman–Crippen LogP) is 2.04. The van der Waals surface area contributed by atoms with Crippen LogP contribution in [0.3, 0.4) is 0 Å². The van der Waals surface area contributed by atoms with E-state index in [1.165, 1.54) is 32.1 Å². The van der Waals surface area contributed by atoms with Crippen molar-refractivity contribution in [1.29, 1.82) is 0 Å². The first-order valence-corrected chi connectivity index (χ1v) is 3.84. The fourth-order valence-electron chi connectivity index (χ4n) is 1.52. The molecule has 0 bridgehead atoms. The van der Waals surface area contributed by atoms with Crippen LogP contribution < -0.4 is 0 Å². The summed E-state index contributed by atoms with van der Waals surface area (Å²) in [6.45, 7) is 0. The summed E-state index contributed by atoms with van der Waals surface area (Å²) in [6, 6.07) is 0.777. The van der Waals surface area contributed by atoms with Gasteiger partial charge in [-0.25, -0.2) is 0 Å². The van der Waals surface area contributed by atoms with Gasteiger partial charge >= 0.3 is 0 Å². The molecule has 1 heteroatoms. The van der Waals surface area contributed by atoms with Gasteiger partial charge in [-0.1, -0.05) is 19.3 Å². The molecular formula is C8H16N. The van der Waals surface area contributed by atoms with Gasteiger partial charge in [-0.15, -0.1) is 0 Å². The molecule has 0 spiro atoms. The molecule has 0 aromatic heterocycles. The predicted molar refractivity (Wildman–Crippen MR) is 40.0 cm³/mol. The van der Waals surface area contributed by atoms with E-state index in [0.29, 0.717) is 0 Å². The molecule has 0 aliphatic heterocycles. The zero-order valence-corrected chi connectivity index (χ0v) is 6.27. The lowest BCUT2D eigenvalue weighted by atomic mass is 9.95. The molecule has 1 fully saturated rings. The Hall–Kier alpha value is -0.0400. The average Bonchev–Trinajstić information content (AvgIpc) is 1.90. The van der Waals surface area contributed by atoms with Crippen molar-refractivity contribution in [3.8, 4) is 0 Å². The van der Waals surface area contributed by atoms with E-state index in [1.54, 1.807) is 0 Å². The highest BCUT2D eigenvalue weighted by Crippen LogP contribution is 2.20. The normalized spacial score (nSPS) is 23.0. The van der Waals surface area contributed by atoms with E-state index in [2.05, 4.69) is 19.0 Å². The van der Waals surface area contributed by atoms with Crippen LogP contribution in [0.5, 0.6) is 0 Å². The Labute approximate surface area is 58.0 Å². The molecule has 0 amide bonds. The van der Waals surface area contributed by atoms with Gasteiger partial charge in [0.25, 0.3) is 0 Å². The fraction of sp³-hybridized carbons (Fsp3) is 0.875. The monoisotopic (exact) mass is 126 g/mol. The molecule has 1 saturated carbocycles. The first-order chi connectivity index (χ1) is 4.30. The van der Waals surface area contributed by atoms with Crippen molar-refractivity contribution in [2.45, 2.75) is 38.1 Å². The molecule has 0 aromatic rings. The quantitative estimate of drug-likeness (QED) is 0.519. The summed E-state index contributed by atoms with van der Waals surface area (Å²) in [4.78, 5) is 2.11. The first kappa shape index (κ1) is 7.07. The zero-order chi connectivity index (χ0) is 6.69. The summed E-state index contributed by atoms with van der Waals surface area (Å²) in [5.41, 5.74) is 0. The Kier molecular flexibility index (Phi) is 2.52. The van der Waals surface area contributed by atoms with Crippen molar-refractivity contribution in [3.05, 3.63) is 7.05 Å². The van der Waals surface area contributed by atoms with E-state index < -0.39 is 0 Å². The topological polar surface area (TPSA) is 3.24 Å². The SMILES string of the molecule is [CH2]N(C)C1CCCCC1. The molecule has 1 rings (SSSR count). The van der Waals surface area contributed by atoms with Crippen LogP contribution in [-0.2, 0) is 0 Å². The van der Waals surface area contributed by atoms with Crippen LogP contribution in [0.2, 0.25) is 0 Å². The molecule has 1 radical (unpaired) electrons. The summed E-state index contributed by atoms with van der Waals surface area (Å²) in [5.74, 6) is 0. The van der Waals surface area contributed by atoms with Gasteiger partial charge in [0.2, 0.25) is 0 Å². The second-order valence-electron chi connectivity index (χ2n) is 3.05. The Balaban J connectivity index is 2.23. The fourth-order valence-corrected chi connectivity index (χ4v) is 1.52. The maximum atomic E-state index is 3.90. The van der Waals surface area contributed by atoms with Crippen LogP contribution >= 0.6 is 0 Å². The van der Waals surface area contributed by atoms with Crippen molar-refractivity contribution >= 4 is 0 Å². The molecule has 0 saturated heterocycles. The Morgan fingerprint density at radius 1 is 1.22 bits per heavy atom. The minimum atomic E-state index is 0.777. The van der Waals surface area contributed by atoms with E-state index in [4.69, 9.17) is 0 Å². The van der Waals surface area contributed by atoms with Gasteiger partial charge in [-0.2, -0.15) is 0 Å². The van der Waals surface area contributed by atoms with Crippen molar-refractivity contribution in [1.82, 2.24) is 4.90 Å². The van der Waals surface area contributed by atoms with E-state index in [1.807, 2.05) is 0 Å². The van der Waals surface area contributed by atoms with Crippen molar-refractivity contribution < 1.29 is 0 Å². The second kappa shape index (κ2) is 3.21. The van der Waals surface area contributed by atoms with Crippen LogP contribution in [-0.4, -0.2) is 18.0 Å². The van der Waals surface area contributed by atoms with Crippen molar-refractivity contribution in [2.75, 3.05) is 7.05 Å². The molecule has 0 N–H and O–H groups in total. The van der Waals surface area contributed by atoms with E-state index >= 15 is 0 Å². The third-order valence-electron chi connectivity index (χ3n) is 2.20. The van der Waals surface area contributed by atoms with Gasteiger partial charge in [-0.3, -0.25) is 0 Å². The summed E-state index contributed by atoms with van der Waals surface area (Å²) in [5, 5.41) is 0. The minimum absolute atomic E-state index is 0.777. The molecule has 9 heavy (non-hydrogen) atoms. The largest absolute Gasteiger partial charge is 0.302 e. The van der Waals surface area contributed by atoms with Gasteiger partial charge < -0.3 is 4.90 Å². The summed E-state index contributed by atoms with van der Waals surface area (Å²) in [7, 11) is 5.97. The smallest absolute Gasteiger partial charge is 0.0109 e. The van der Waals surface area contributed by atoms with Crippen LogP contribution in [0.1, 0.15) is 32.1 Å². The van der Waals surface area contributed by atoms with Crippen LogP contribution in [0, 0.1) is 7.05 Å². The highest BCUT2D eigenvalue weighted by Gasteiger charge is 2.14. The molecule has 1 aliphatic carbocycles. The molecule has 1 aliphatic rings. The second-order valence-corrected chi connectivity index (χ2v) is 3.05. The standard InChI is InChI=1S/C8H16N/c1-9(2)8-6-4-3-5-7-8/h8H,1,3-7H2,2H3. The summed E-state index contributed by atoms with van der Waals surface area (Å²) >= 11 is 0. The van der Waals surface area contributed by atoms with Gasteiger partial charge in [0.1, 0.15) is 0 Å². The molecule has 0 heterocycles. The number of hydrogen-bond donors (Lipinski definition) is 0. The zero-order valence-electron chi connectivity index (χ0n) is 6.27. The van der Waals surface area contributed by atoms with Gasteiger partial charge in [0.05, 0.1) is 0 Å². The molecule has 53 valence electrons. The lowest BCUT2D eigenvalue weighted by molar-refractivity contribution is 0.250. The molecule has 0 atom stereocenters.